The highest BCUT2D eigenvalue weighted by atomic mass is 16.6. The number of carboxylic acid groups (broad SMARTS) is 2. The van der Waals surface area contributed by atoms with Crippen LogP contribution in [0.3, 0.4) is 0 Å². The monoisotopic (exact) mass is 230 g/mol. The van der Waals surface area contributed by atoms with Gasteiger partial charge < -0.3 is 19.7 Å². The normalized spacial score (nSPS) is 37.0. The average Bonchev–Trinajstić information content (AvgIpc) is 2.66. The van der Waals surface area contributed by atoms with Gasteiger partial charge in [-0.15, -0.1) is 0 Å². The first-order chi connectivity index (χ1) is 7.43. The summed E-state index contributed by atoms with van der Waals surface area (Å²) in [5.41, 5.74) is 0. The van der Waals surface area contributed by atoms with Crippen LogP contribution < -0.4 is 0 Å². The molecule has 2 heterocycles. The number of rotatable bonds is 2. The van der Waals surface area contributed by atoms with Crippen molar-refractivity contribution in [3.63, 3.8) is 0 Å². The minimum atomic E-state index is -1.70. The number of carbonyl (C=O) groups excluding carboxylic acids is 2. The Morgan fingerprint density at radius 2 is 1.69 bits per heavy atom. The largest absolute Gasteiger partial charge is 0.481 e. The highest BCUT2D eigenvalue weighted by molar-refractivity contribution is 6.02. The van der Waals surface area contributed by atoms with E-state index in [1.165, 1.54) is 0 Å². The highest BCUT2D eigenvalue weighted by Gasteiger charge is 2.62. The third kappa shape index (κ3) is 1.27. The first kappa shape index (κ1) is 10.6. The Morgan fingerprint density at radius 3 is 2.19 bits per heavy atom. The summed E-state index contributed by atoms with van der Waals surface area (Å²) in [7, 11) is 0. The predicted octanol–water partition coefficient (Wildman–Crippen LogP) is -1.76. The lowest BCUT2D eigenvalue weighted by atomic mass is 9.88. The van der Waals surface area contributed by atoms with E-state index in [0.717, 1.165) is 0 Å². The summed E-state index contributed by atoms with van der Waals surface area (Å²) < 4.78 is 8.91. The quantitative estimate of drug-likeness (QED) is 0.421. The number of ether oxygens (including phenoxy) is 2. The van der Waals surface area contributed by atoms with E-state index < -0.39 is 47.9 Å². The molecule has 0 saturated carbocycles. The van der Waals surface area contributed by atoms with Gasteiger partial charge in [0.15, 0.2) is 12.2 Å². The van der Waals surface area contributed by atoms with Crippen LogP contribution in [0.5, 0.6) is 0 Å². The first-order valence-electron chi connectivity index (χ1n) is 4.30. The van der Waals surface area contributed by atoms with E-state index in [9.17, 15) is 19.2 Å². The fourth-order valence-corrected chi connectivity index (χ4v) is 1.90. The molecule has 0 bridgehead atoms. The van der Waals surface area contributed by atoms with Gasteiger partial charge in [0.2, 0.25) is 0 Å². The zero-order chi connectivity index (χ0) is 12.0. The molecule has 2 aliphatic heterocycles. The van der Waals surface area contributed by atoms with Crippen molar-refractivity contribution >= 4 is 23.9 Å². The summed E-state index contributed by atoms with van der Waals surface area (Å²) in [5, 5.41) is 17.5. The minimum Gasteiger partial charge on any atom is -0.481 e. The molecule has 0 radical (unpaired) electrons. The lowest BCUT2D eigenvalue weighted by Crippen LogP contribution is -2.36. The van der Waals surface area contributed by atoms with E-state index in [2.05, 4.69) is 4.74 Å². The number of aliphatic carboxylic acids is 2. The predicted molar refractivity (Wildman–Crippen MR) is 42.0 cm³/mol. The van der Waals surface area contributed by atoms with Crippen molar-refractivity contribution in [1.82, 2.24) is 0 Å². The number of hydrogen-bond acceptors (Lipinski definition) is 6. The number of carbonyl (C=O) groups is 4. The third-order valence-corrected chi connectivity index (χ3v) is 2.57. The van der Waals surface area contributed by atoms with Crippen LogP contribution in [0, 0.1) is 11.8 Å². The summed E-state index contributed by atoms with van der Waals surface area (Å²) >= 11 is 0. The topological polar surface area (TPSA) is 127 Å². The standard InChI is InChI=1S/C8H6O8/c9-5(10)1-2-4(8(14)16-7(2)13)15-3(1)6(11)12/h1-4H,(H,9,10)(H,11,12). The summed E-state index contributed by atoms with van der Waals surface area (Å²) in [5.74, 6) is -8.09. The molecule has 0 aromatic rings. The Kier molecular flexibility index (Phi) is 2.16. The molecule has 4 unspecified atom stereocenters. The maximum absolute atomic E-state index is 11.2. The van der Waals surface area contributed by atoms with Gasteiger partial charge >= 0.3 is 23.9 Å². The van der Waals surface area contributed by atoms with Gasteiger partial charge in [-0.25, -0.2) is 9.59 Å². The van der Waals surface area contributed by atoms with E-state index >= 15 is 0 Å². The fourth-order valence-electron chi connectivity index (χ4n) is 1.90. The maximum Gasteiger partial charge on any atom is 0.343 e. The zero-order valence-electron chi connectivity index (χ0n) is 7.65. The minimum absolute atomic E-state index is 1.04. The van der Waals surface area contributed by atoms with Crippen molar-refractivity contribution in [2.24, 2.45) is 11.8 Å². The smallest absolute Gasteiger partial charge is 0.343 e. The molecular formula is C8H6O8. The van der Waals surface area contributed by atoms with E-state index in [4.69, 9.17) is 14.9 Å². The Morgan fingerprint density at radius 1 is 1.06 bits per heavy atom. The summed E-state index contributed by atoms with van der Waals surface area (Å²) in [6, 6.07) is 0. The maximum atomic E-state index is 11.2. The molecule has 2 saturated heterocycles. The van der Waals surface area contributed by atoms with E-state index in [1.54, 1.807) is 0 Å². The number of fused-ring (bicyclic) bond motifs is 1. The van der Waals surface area contributed by atoms with Crippen molar-refractivity contribution in [1.29, 1.82) is 0 Å². The molecule has 8 nitrogen and oxygen atoms in total. The molecule has 0 aliphatic carbocycles. The van der Waals surface area contributed by atoms with Gasteiger partial charge in [0, 0.05) is 0 Å². The van der Waals surface area contributed by atoms with Crippen LogP contribution >= 0.6 is 0 Å². The molecule has 0 amide bonds. The number of hydrogen-bond donors (Lipinski definition) is 2. The van der Waals surface area contributed by atoms with Crippen molar-refractivity contribution in [3.8, 4) is 0 Å². The Balaban J connectivity index is 2.38. The van der Waals surface area contributed by atoms with Crippen molar-refractivity contribution in [3.05, 3.63) is 0 Å². The Labute approximate surface area is 87.7 Å². The second kappa shape index (κ2) is 3.27. The third-order valence-electron chi connectivity index (χ3n) is 2.57. The summed E-state index contributed by atoms with van der Waals surface area (Å²) in [6.45, 7) is 0. The molecule has 2 rings (SSSR count). The van der Waals surface area contributed by atoms with E-state index in [0.29, 0.717) is 0 Å². The molecule has 8 heteroatoms. The van der Waals surface area contributed by atoms with Crippen LogP contribution in [0.15, 0.2) is 0 Å². The number of carboxylic acids is 2. The molecular weight excluding hydrogens is 224 g/mol. The van der Waals surface area contributed by atoms with Crippen LogP contribution in [0.1, 0.15) is 0 Å². The van der Waals surface area contributed by atoms with Crippen LogP contribution in [-0.2, 0) is 28.7 Å². The van der Waals surface area contributed by atoms with Crippen molar-refractivity contribution in [2.45, 2.75) is 12.2 Å². The van der Waals surface area contributed by atoms with Gasteiger partial charge in [-0.3, -0.25) is 9.59 Å². The molecule has 2 aliphatic rings. The van der Waals surface area contributed by atoms with Gasteiger partial charge in [-0.05, 0) is 0 Å². The molecule has 0 aromatic heterocycles. The Hall–Kier alpha value is -1.96. The van der Waals surface area contributed by atoms with E-state index in [1.807, 2.05) is 0 Å². The van der Waals surface area contributed by atoms with Crippen LogP contribution in [0.4, 0.5) is 0 Å². The average molecular weight is 230 g/mol. The second-order valence-electron chi connectivity index (χ2n) is 3.45. The van der Waals surface area contributed by atoms with Crippen molar-refractivity contribution in [2.75, 3.05) is 0 Å². The number of esters is 2. The van der Waals surface area contributed by atoms with Crippen LogP contribution in [0.25, 0.3) is 0 Å². The Bertz CT molecular complexity index is 399. The molecule has 4 atom stereocenters. The second-order valence-corrected chi connectivity index (χ2v) is 3.45. The first-order valence-corrected chi connectivity index (χ1v) is 4.30. The fraction of sp³-hybridized carbons (Fsp3) is 0.500. The van der Waals surface area contributed by atoms with Crippen LogP contribution in [0.2, 0.25) is 0 Å². The van der Waals surface area contributed by atoms with Gasteiger partial charge in [0.1, 0.15) is 11.8 Å². The van der Waals surface area contributed by atoms with E-state index in [-0.39, 0.29) is 0 Å². The molecule has 2 N–H and O–H groups in total. The summed E-state index contributed by atoms with van der Waals surface area (Å²) in [6.07, 6.45) is -3.13. The molecule has 16 heavy (non-hydrogen) atoms. The molecule has 86 valence electrons. The molecule has 0 aromatic carbocycles. The zero-order valence-corrected chi connectivity index (χ0v) is 7.65. The van der Waals surface area contributed by atoms with Gasteiger partial charge in [0.05, 0.1) is 0 Å². The summed E-state index contributed by atoms with van der Waals surface area (Å²) in [4.78, 5) is 43.8. The van der Waals surface area contributed by atoms with Crippen molar-refractivity contribution < 1.29 is 38.9 Å². The lowest BCUT2D eigenvalue weighted by molar-refractivity contribution is -0.167. The molecule has 0 spiro atoms. The van der Waals surface area contributed by atoms with Crippen LogP contribution in [-0.4, -0.2) is 46.3 Å². The number of cyclic esters (lactones) is 2. The van der Waals surface area contributed by atoms with Gasteiger partial charge in [-0.1, -0.05) is 0 Å². The SMILES string of the molecule is O=C(O)C1OC2C(=O)OC(=O)C2C1C(=O)O. The highest BCUT2D eigenvalue weighted by Crippen LogP contribution is 2.38. The molecule has 2 fully saturated rings. The lowest BCUT2D eigenvalue weighted by Gasteiger charge is -2.12. The van der Waals surface area contributed by atoms with Gasteiger partial charge in [0.25, 0.3) is 0 Å². The van der Waals surface area contributed by atoms with Gasteiger partial charge in [-0.2, -0.15) is 0 Å².